The Morgan fingerprint density at radius 1 is 1.31 bits per heavy atom. The highest BCUT2D eigenvalue weighted by Gasteiger charge is 2.00. The molecule has 0 fully saturated rings. The first-order valence-electron chi connectivity index (χ1n) is 4.50. The highest BCUT2D eigenvalue weighted by molar-refractivity contribution is 7.80. The number of ether oxygens (including phenoxy) is 1. The van der Waals surface area contributed by atoms with E-state index < -0.39 is 0 Å². The summed E-state index contributed by atoms with van der Waals surface area (Å²) in [6, 6.07) is 8.22. The number of methoxy groups -OCH3 is 1. The van der Waals surface area contributed by atoms with E-state index in [4.69, 9.17) is 4.74 Å². The van der Waals surface area contributed by atoms with Crippen LogP contribution in [0.25, 0.3) is 0 Å². The molecule has 0 saturated heterocycles. The van der Waals surface area contributed by atoms with Crippen LogP contribution in [0, 0.1) is 5.92 Å². The van der Waals surface area contributed by atoms with Crippen molar-refractivity contribution in [3.8, 4) is 5.75 Å². The van der Waals surface area contributed by atoms with Crippen LogP contribution in [0.5, 0.6) is 5.75 Å². The average Bonchev–Trinajstić information content (AvgIpc) is 2.19. The van der Waals surface area contributed by atoms with Crippen LogP contribution in [0.15, 0.2) is 24.3 Å². The van der Waals surface area contributed by atoms with Gasteiger partial charge in [-0.1, -0.05) is 19.1 Å². The van der Waals surface area contributed by atoms with Gasteiger partial charge >= 0.3 is 0 Å². The van der Waals surface area contributed by atoms with Crippen molar-refractivity contribution >= 4 is 12.6 Å². The smallest absolute Gasteiger partial charge is 0.118 e. The fourth-order valence-electron chi connectivity index (χ4n) is 1.23. The zero-order valence-corrected chi connectivity index (χ0v) is 9.05. The molecular formula is C11H16OS. The molecule has 0 heterocycles. The fraction of sp³-hybridized carbons (Fsp3) is 0.455. The van der Waals surface area contributed by atoms with Gasteiger partial charge in [0.15, 0.2) is 0 Å². The summed E-state index contributed by atoms with van der Waals surface area (Å²) in [5.41, 5.74) is 1.35. The average molecular weight is 196 g/mol. The molecule has 1 unspecified atom stereocenters. The van der Waals surface area contributed by atoms with Crippen LogP contribution in [0.2, 0.25) is 0 Å². The van der Waals surface area contributed by atoms with Crippen molar-refractivity contribution in [2.24, 2.45) is 5.92 Å². The van der Waals surface area contributed by atoms with Gasteiger partial charge in [-0.25, -0.2) is 0 Å². The molecule has 1 atom stereocenters. The largest absolute Gasteiger partial charge is 0.497 e. The molecule has 2 heteroatoms. The maximum absolute atomic E-state index is 5.09. The summed E-state index contributed by atoms with van der Waals surface area (Å²) in [6.07, 6.45) is 1.09. The molecule has 0 aliphatic carbocycles. The Kier molecular flexibility index (Phi) is 4.16. The molecule has 0 aromatic heterocycles. The van der Waals surface area contributed by atoms with Crippen LogP contribution in [0.3, 0.4) is 0 Å². The van der Waals surface area contributed by atoms with Gasteiger partial charge in [-0.05, 0) is 35.8 Å². The van der Waals surface area contributed by atoms with Crippen molar-refractivity contribution in [1.82, 2.24) is 0 Å². The molecule has 1 aromatic carbocycles. The molecule has 0 radical (unpaired) electrons. The summed E-state index contributed by atoms with van der Waals surface area (Å²) in [6.45, 7) is 2.21. The van der Waals surface area contributed by atoms with Crippen molar-refractivity contribution < 1.29 is 4.74 Å². The van der Waals surface area contributed by atoms with Gasteiger partial charge in [-0.3, -0.25) is 0 Å². The molecule has 1 nitrogen and oxygen atoms in total. The van der Waals surface area contributed by atoms with E-state index in [-0.39, 0.29) is 0 Å². The molecule has 1 rings (SSSR count). The molecule has 0 bridgehead atoms. The highest BCUT2D eigenvalue weighted by Crippen LogP contribution is 2.14. The first-order chi connectivity index (χ1) is 6.26. The zero-order chi connectivity index (χ0) is 9.68. The molecule has 0 N–H and O–H groups in total. The zero-order valence-electron chi connectivity index (χ0n) is 8.16. The first kappa shape index (κ1) is 10.5. The minimum atomic E-state index is 0.636. The monoisotopic (exact) mass is 196 g/mol. The van der Waals surface area contributed by atoms with E-state index in [9.17, 15) is 0 Å². The molecular weight excluding hydrogens is 180 g/mol. The summed E-state index contributed by atoms with van der Waals surface area (Å²) in [5.74, 6) is 2.49. The predicted molar refractivity (Wildman–Crippen MR) is 59.7 cm³/mol. The normalized spacial score (nSPS) is 12.5. The fourth-order valence-corrected chi connectivity index (χ4v) is 1.36. The number of rotatable bonds is 4. The Balaban J connectivity index is 2.58. The summed E-state index contributed by atoms with van der Waals surface area (Å²) in [7, 11) is 1.69. The lowest BCUT2D eigenvalue weighted by Crippen LogP contribution is -2.00. The first-order valence-corrected chi connectivity index (χ1v) is 5.13. The van der Waals surface area contributed by atoms with Crippen molar-refractivity contribution in [1.29, 1.82) is 0 Å². The maximum atomic E-state index is 5.09. The number of benzene rings is 1. The number of hydrogen-bond donors (Lipinski definition) is 1. The standard InChI is InChI=1S/C11H16OS/c1-9(8-13)7-10-3-5-11(12-2)6-4-10/h3-6,9,13H,7-8H2,1-2H3. The van der Waals surface area contributed by atoms with Gasteiger partial charge in [0.2, 0.25) is 0 Å². The minimum absolute atomic E-state index is 0.636. The van der Waals surface area contributed by atoms with Crippen LogP contribution < -0.4 is 4.74 Å². The van der Waals surface area contributed by atoms with Gasteiger partial charge in [-0.2, -0.15) is 12.6 Å². The van der Waals surface area contributed by atoms with Gasteiger partial charge in [0, 0.05) is 0 Å². The highest BCUT2D eigenvalue weighted by atomic mass is 32.1. The van der Waals surface area contributed by atoms with Crippen LogP contribution in [-0.2, 0) is 6.42 Å². The molecule has 0 amide bonds. The lowest BCUT2D eigenvalue weighted by molar-refractivity contribution is 0.414. The molecule has 0 aliphatic rings. The van der Waals surface area contributed by atoms with Crippen molar-refractivity contribution in [2.75, 3.05) is 12.9 Å². The molecule has 72 valence electrons. The Morgan fingerprint density at radius 2 is 1.92 bits per heavy atom. The quantitative estimate of drug-likeness (QED) is 0.729. The van der Waals surface area contributed by atoms with E-state index in [1.54, 1.807) is 7.11 Å². The Bertz CT molecular complexity index is 243. The van der Waals surface area contributed by atoms with E-state index in [0.717, 1.165) is 17.9 Å². The van der Waals surface area contributed by atoms with E-state index in [1.165, 1.54) is 5.56 Å². The Morgan fingerprint density at radius 3 is 2.38 bits per heavy atom. The van der Waals surface area contributed by atoms with E-state index >= 15 is 0 Å². The third-order valence-corrected chi connectivity index (χ3v) is 2.68. The van der Waals surface area contributed by atoms with Gasteiger partial charge < -0.3 is 4.74 Å². The third kappa shape index (κ3) is 3.31. The van der Waals surface area contributed by atoms with Gasteiger partial charge in [0.25, 0.3) is 0 Å². The van der Waals surface area contributed by atoms with Crippen LogP contribution in [0.4, 0.5) is 0 Å². The molecule has 0 spiro atoms. The molecule has 13 heavy (non-hydrogen) atoms. The Labute approximate surface area is 85.5 Å². The second-order valence-electron chi connectivity index (χ2n) is 3.34. The van der Waals surface area contributed by atoms with Crippen LogP contribution in [-0.4, -0.2) is 12.9 Å². The second-order valence-corrected chi connectivity index (χ2v) is 3.71. The minimum Gasteiger partial charge on any atom is -0.497 e. The van der Waals surface area contributed by atoms with E-state index in [0.29, 0.717) is 5.92 Å². The van der Waals surface area contributed by atoms with Crippen molar-refractivity contribution in [3.05, 3.63) is 29.8 Å². The third-order valence-electron chi connectivity index (χ3n) is 2.05. The molecule has 0 aliphatic heterocycles. The summed E-state index contributed by atoms with van der Waals surface area (Å²) < 4.78 is 5.09. The van der Waals surface area contributed by atoms with Gasteiger partial charge in [-0.15, -0.1) is 0 Å². The van der Waals surface area contributed by atoms with Gasteiger partial charge in [0.05, 0.1) is 7.11 Å². The van der Waals surface area contributed by atoms with E-state index in [2.05, 4.69) is 31.7 Å². The lowest BCUT2D eigenvalue weighted by atomic mass is 10.0. The van der Waals surface area contributed by atoms with Crippen molar-refractivity contribution in [2.45, 2.75) is 13.3 Å². The van der Waals surface area contributed by atoms with Gasteiger partial charge in [0.1, 0.15) is 5.75 Å². The van der Waals surface area contributed by atoms with Crippen LogP contribution >= 0.6 is 12.6 Å². The SMILES string of the molecule is COc1ccc(CC(C)CS)cc1. The Hall–Kier alpha value is -0.630. The van der Waals surface area contributed by atoms with E-state index in [1.807, 2.05) is 12.1 Å². The summed E-state index contributed by atoms with van der Waals surface area (Å²) in [4.78, 5) is 0. The molecule has 0 saturated carbocycles. The summed E-state index contributed by atoms with van der Waals surface area (Å²) in [5, 5.41) is 0. The second kappa shape index (κ2) is 5.18. The van der Waals surface area contributed by atoms with Crippen LogP contribution in [0.1, 0.15) is 12.5 Å². The maximum Gasteiger partial charge on any atom is 0.118 e. The summed E-state index contributed by atoms with van der Waals surface area (Å²) >= 11 is 4.26. The number of hydrogen-bond acceptors (Lipinski definition) is 2. The molecule has 1 aromatic rings. The van der Waals surface area contributed by atoms with Crippen molar-refractivity contribution in [3.63, 3.8) is 0 Å². The lowest BCUT2D eigenvalue weighted by Gasteiger charge is -2.08. The predicted octanol–water partition coefficient (Wildman–Crippen LogP) is 2.80. The topological polar surface area (TPSA) is 9.23 Å². The number of thiol groups is 1.